The largest absolute Gasteiger partial charge is 0.494 e. The molecule has 4 rings (SSSR count). The van der Waals surface area contributed by atoms with E-state index >= 15 is 0 Å². The first-order valence-corrected chi connectivity index (χ1v) is 8.73. The van der Waals surface area contributed by atoms with E-state index in [0.29, 0.717) is 6.04 Å². The minimum atomic E-state index is -0.509. The zero-order valence-corrected chi connectivity index (χ0v) is 15.2. The molecule has 0 bridgehead atoms. The Bertz CT molecular complexity index is 951. The summed E-state index contributed by atoms with van der Waals surface area (Å²) in [5, 5.41) is 1.97. The van der Waals surface area contributed by atoms with Crippen LogP contribution in [0.3, 0.4) is 0 Å². The number of benzene rings is 3. The lowest BCUT2D eigenvalue weighted by Gasteiger charge is -2.32. The fourth-order valence-corrected chi connectivity index (χ4v) is 3.11. The van der Waals surface area contributed by atoms with Gasteiger partial charge in [-0.25, -0.2) is 0 Å². The van der Waals surface area contributed by atoms with Crippen molar-refractivity contribution in [1.29, 1.82) is 0 Å². The Kier molecular flexibility index (Phi) is 3.47. The van der Waals surface area contributed by atoms with Gasteiger partial charge in [0.15, 0.2) is 0 Å². The van der Waals surface area contributed by atoms with Gasteiger partial charge in [0.1, 0.15) is 0 Å². The summed E-state index contributed by atoms with van der Waals surface area (Å²) in [5.41, 5.74) is 2.30. The van der Waals surface area contributed by atoms with E-state index < -0.39 is 18.3 Å². The third kappa shape index (κ3) is 2.88. The summed E-state index contributed by atoms with van der Waals surface area (Å²) in [6, 6.07) is 21.0. The summed E-state index contributed by atoms with van der Waals surface area (Å²) in [7, 11) is -0.509. The van der Waals surface area contributed by atoms with Crippen molar-refractivity contribution in [1.82, 2.24) is 0 Å². The van der Waals surface area contributed by atoms with E-state index in [1.54, 1.807) is 0 Å². The van der Waals surface area contributed by atoms with Gasteiger partial charge in [0.2, 0.25) is 0 Å². The Morgan fingerprint density at radius 2 is 1.40 bits per heavy atom. The molecule has 0 atom stereocenters. The lowest BCUT2D eigenvalue weighted by atomic mass is 9.78. The van der Waals surface area contributed by atoms with E-state index in [1.165, 1.54) is 5.56 Å². The standard InChI is InChI=1S/C22H23BO2/c1-21(2)22(3,4)25-23(24-21)20-13-12-18-14-17(10-11-19(18)15-20)16-8-6-5-7-9-16/h5-15H,1-4H3/i15D. The summed E-state index contributed by atoms with van der Waals surface area (Å²) in [5.74, 6) is 0. The molecule has 0 amide bonds. The first-order valence-electron chi connectivity index (χ1n) is 9.23. The Morgan fingerprint density at radius 1 is 0.760 bits per heavy atom. The van der Waals surface area contributed by atoms with Gasteiger partial charge in [0.05, 0.1) is 12.6 Å². The number of rotatable bonds is 2. The zero-order chi connectivity index (χ0) is 18.5. The molecule has 0 saturated carbocycles. The first kappa shape index (κ1) is 15.2. The number of hydrogen-bond acceptors (Lipinski definition) is 2. The fourth-order valence-electron chi connectivity index (χ4n) is 3.11. The van der Waals surface area contributed by atoms with Crippen LogP contribution >= 0.6 is 0 Å². The van der Waals surface area contributed by atoms with Crippen LogP contribution in [0.5, 0.6) is 0 Å². The van der Waals surface area contributed by atoms with Crippen LogP contribution in [0.25, 0.3) is 21.9 Å². The van der Waals surface area contributed by atoms with Crippen LogP contribution < -0.4 is 5.46 Å². The Morgan fingerprint density at radius 3 is 2.08 bits per heavy atom. The molecule has 0 unspecified atom stereocenters. The third-order valence-corrected chi connectivity index (χ3v) is 5.39. The van der Waals surface area contributed by atoms with Crippen LogP contribution in [0, 0.1) is 0 Å². The van der Waals surface area contributed by atoms with Crippen LogP contribution in [0.1, 0.15) is 29.1 Å². The van der Waals surface area contributed by atoms with Gasteiger partial charge in [-0.05, 0) is 61.1 Å². The Balaban J connectivity index is 1.75. The maximum atomic E-state index is 8.68. The fraction of sp³-hybridized carbons (Fsp3) is 0.273. The van der Waals surface area contributed by atoms with Crippen molar-refractivity contribution in [3.05, 3.63) is 66.7 Å². The van der Waals surface area contributed by atoms with Crippen molar-refractivity contribution in [2.75, 3.05) is 0 Å². The highest BCUT2D eigenvalue weighted by Crippen LogP contribution is 2.36. The summed E-state index contributed by atoms with van der Waals surface area (Å²) in [6.45, 7) is 8.13. The van der Waals surface area contributed by atoms with Gasteiger partial charge in [0.25, 0.3) is 0 Å². The third-order valence-electron chi connectivity index (χ3n) is 5.39. The van der Waals surface area contributed by atoms with Gasteiger partial charge in [-0.2, -0.15) is 0 Å². The van der Waals surface area contributed by atoms with Gasteiger partial charge in [0, 0.05) is 0 Å². The molecular formula is C22H23BO2. The maximum absolute atomic E-state index is 8.68. The highest BCUT2D eigenvalue weighted by Gasteiger charge is 2.51. The molecular weight excluding hydrogens is 307 g/mol. The second-order valence-corrected chi connectivity index (χ2v) is 7.67. The van der Waals surface area contributed by atoms with Gasteiger partial charge in [-0.1, -0.05) is 60.6 Å². The Hall–Kier alpha value is -2.10. The quantitative estimate of drug-likeness (QED) is 0.628. The van der Waals surface area contributed by atoms with Crippen molar-refractivity contribution >= 4 is 23.4 Å². The molecule has 0 spiro atoms. The minimum Gasteiger partial charge on any atom is -0.399 e. The molecule has 0 aromatic heterocycles. The van der Waals surface area contributed by atoms with Crippen molar-refractivity contribution in [2.24, 2.45) is 0 Å². The molecule has 0 radical (unpaired) electrons. The van der Waals surface area contributed by atoms with E-state index in [-0.39, 0.29) is 0 Å². The Labute approximate surface area is 151 Å². The first-order chi connectivity index (χ1) is 12.3. The van der Waals surface area contributed by atoms with Crippen molar-refractivity contribution < 1.29 is 10.7 Å². The van der Waals surface area contributed by atoms with Crippen LogP contribution in [0.15, 0.2) is 66.7 Å². The van der Waals surface area contributed by atoms with Gasteiger partial charge < -0.3 is 9.31 Å². The van der Waals surface area contributed by atoms with E-state index in [9.17, 15) is 0 Å². The lowest BCUT2D eigenvalue weighted by Crippen LogP contribution is -2.41. The number of fused-ring (bicyclic) bond motifs is 1. The highest BCUT2D eigenvalue weighted by molar-refractivity contribution is 6.62. The van der Waals surface area contributed by atoms with Crippen molar-refractivity contribution in [3.63, 3.8) is 0 Å². The molecule has 2 nitrogen and oxygen atoms in total. The van der Waals surface area contributed by atoms with Gasteiger partial charge in [-0.3, -0.25) is 0 Å². The molecule has 1 heterocycles. The van der Waals surface area contributed by atoms with Crippen LogP contribution in [0.4, 0.5) is 0 Å². The topological polar surface area (TPSA) is 18.5 Å². The molecule has 0 aliphatic carbocycles. The SMILES string of the molecule is [2H]c1c(B2OC(C)(C)C(C)(C)O2)ccc2cc(-c3ccccc3)ccc12. The van der Waals surface area contributed by atoms with E-state index in [1.807, 2.05) is 58.0 Å². The molecule has 1 aliphatic heterocycles. The normalized spacial score (nSPS) is 19.2. The van der Waals surface area contributed by atoms with E-state index in [0.717, 1.165) is 21.8 Å². The highest BCUT2D eigenvalue weighted by atomic mass is 16.7. The molecule has 3 heteroatoms. The second-order valence-electron chi connectivity index (χ2n) is 7.67. The molecule has 1 fully saturated rings. The van der Waals surface area contributed by atoms with Crippen LogP contribution in [-0.2, 0) is 9.31 Å². The predicted molar refractivity (Wildman–Crippen MR) is 105 cm³/mol. The van der Waals surface area contributed by atoms with Crippen molar-refractivity contribution in [2.45, 2.75) is 38.9 Å². The summed E-state index contributed by atoms with van der Waals surface area (Å²) < 4.78 is 20.9. The molecule has 1 saturated heterocycles. The average Bonchev–Trinajstić information content (AvgIpc) is 2.83. The lowest BCUT2D eigenvalue weighted by molar-refractivity contribution is 0.00578. The van der Waals surface area contributed by atoms with E-state index in [4.69, 9.17) is 10.7 Å². The minimum absolute atomic E-state index is 0.407. The van der Waals surface area contributed by atoms with E-state index in [2.05, 4.69) is 30.3 Å². The summed E-state index contributed by atoms with van der Waals surface area (Å²) in [4.78, 5) is 0. The molecule has 3 aromatic rings. The van der Waals surface area contributed by atoms with Gasteiger partial charge >= 0.3 is 7.12 Å². The maximum Gasteiger partial charge on any atom is 0.494 e. The molecule has 126 valence electrons. The summed E-state index contributed by atoms with van der Waals surface area (Å²) >= 11 is 0. The number of hydrogen-bond donors (Lipinski definition) is 0. The smallest absolute Gasteiger partial charge is 0.399 e. The molecule has 0 N–H and O–H groups in total. The zero-order valence-electron chi connectivity index (χ0n) is 16.2. The average molecular weight is 331 g/mol. The summed E-state index contributed by atoms with van der Waals surface area (Å²) in [6.07, 6.45) is 0. The second kappa shape index (κ2) is 5.72. The van der Waals surface area contributed by atoms with Crippen molar-refractivity contribution in [3.8, 4) is 11.1 Å². The van der Waals surface area contributed by atoms with Crippen LogP contribution in [-0.4, -0.2) is 18.3 Å². The van der Waals surface area contributed by atoms with Crippen LogP contribution in [0.2, 0.25) is 0 Å². The molecule has 25 heavy (non-hydrogen) atoms. The predicted octanol–water partition coefficient (Wildman–Crippen LogP) is 4.81. The molecule has 3 aromatic carbocycles. The van der Waals surface area contributed by atoms with Gasteiger partial charge in [-0.15, -0.1) is 0 Å². The molecule has 1 aliphatic rings. The monoisotopic (exact) mass is 331 g/mol.